The van der Waals surface area contributed by atoms with Gasteiger partial charge in [-0.1, -0.05) is 101 Å². The molecule has 14 nitrogen and oxygen atoms in total. The van der Waals surface area contributed by atoms with Gasteiger partial charge in [-0.25, -0.2) is 0 Å². The van der Waals surface area contributed by atoms with Gasteiger partial charge in [-0.05, 0) is 53.6 Å². The molecule has 1 fully saturated rings. The van der Waals surface area contributed by atoms with Gasteiger partial charge >= 0.3 is 0 Å². The second-order valence-electron chi connectivity index (χ2n) is 18.3. The first kappa shape index (κ1) is 48.3. The Hall–Kier alpha value is -4.11. The van der Waals surface area contributed by atoms with E-state index in [1.165, 1.54) is 0 Å². The molecular formula is C43H70N8O6S. The predicted octanol–water partition coefficient (Wildman–Crippen LogP) is 3.36. The summed E-state index contributed by atoms with van der Waals surface area (Å²) >= 11 is 4.75. The molecular weight excluding hydrogens is 757 g/mol. The van der Waals surface area contributed by atoms with Crippen molar-refractivity contribution in [1.29, 1.82) is 0 Å². The Bertz CT molecular complexity index is 1740. The van der Waals surface area contributed by atoms with Gasteiger partial charge in [0.1, 0.15) is 30.2 Å². The second-order valence-corrected chi connectivity index (χ2v) is 19.0. The Morgan fingerprint density at radius 2 is 1.19 bits per heavy atom. The quantitative estimate of drug-likeness (QED) is 0.173. The van der Waals surface area contributed by atoms with Crippen molar-refractivity contribution in [3.63, 3.8) is 0 Å². The van der Waals surface area contributed by atoms with Crippen molar-refractivity contribution in [3.8, 4) is 0 Å². The zero-order valence-electron chi connectivity index (χ0n) is 36.5. The van der Waals surface area contributed by atoms with E-state index in [2.05, 4.69) is 42.2 Å². The van der Waals surface area contributed by atoms with E-state index in [1.54, 1.807) is 20.0 Å². The molecule has 58 heavy (non-hydrogen) atoms. The highest BCUT2D eigenvalue weighted by Gasteiger charge is 2.39. The highest BCUT2D eigenvalue weighted by Crippen LogP contribution is 2.23. The number of aromatic amines is 1. The highest BCUT2D eigenvalue weighted by molar-refractivity contribution is 7.81. The van der Waals surface area contributed by atoms with Crippen LogP contribution in [0.3, 0.4) is 0 Å². The Morgan fingerprint density at radius 1 is 0.655 bits per heavy atom. The number of fused-ring (bicyclic) bond motifs is 1. The molecule has 0 bridgehead atoms. The molecule has 3 rings (SSSR count). The average Bonchev–Trinajstić information content (AvgIpc) is 3.54. The van der Waals surface area contributed by atoms with Crippen LogP contribution >= 0.6 is 12.6 Å². The molecule has 15 heteroatoms. The number of hydrogen-bond donors (Lipinski definition) is 9. The molecule has 1 unspecified atom stereocenters. The lowest BCUT2D eigenvalue weighted by atomic mass is 9.85. The van der Waals surface area contributed by atoms with Crippen molar-refractivity contribution in [2.45, 2.75) is 150 Å². The van der Waals surface area contributed by atoms with Gasteiger partial charge in [0.25, 0.3) is 0 Å². The van der Waals surface area contributed by atoms with Gasteiger partial charge in [0.05, 0.1) is 6.04 Å². The third-order valence-corrected chi connectivity index (χ3v) is 11.4. The molecule has 0 saturated carbocycles. The average molecular weight is 827 g/mol. The maximum atomic E-state index is 14.4. The van der Waals surface area contributed by atoms with Gasteiger partial charge in [-0.3, -0.25) is 28.8 Å². The van der Waals surface area contributed by atoms with Crippen LogP contribution in [0, 0.1) is 29.1 Å². The number of amides is 6. The summed E-state index contributed by atoms with van der Waals surface area (Å²) in [5.74, 6) is -3.95. The summed E-state index contributed by atoms with van der Waals surface area (Å²) in [4.78, 5) is 88.3. The fourth-order valence-corrected chi connectivity index (χ4v) is 7.29. The lowest BCUT2D eigenvalue weighted by Crippen LogP contribution is -2.63. The predicted molar refractivity (Wildman–Crippen MR) is 232 cm³/mol. The van der Waals surface area contributed by atoms with Crippen molar-refractivity contribution in [1.82, 2.24) is 42.2 Å². The fourth-order valence-electron chi connectivity index (χ4n) is 7.05. The van der Waals surface area contributed by atoms with E-state index in [1.807, 2.05) is 93.5 Å². The summed E-state index contributed by atoms with van der Waals surface area (Å²) < 4.78 is 0. The molecule has 1 saturated heterocycles. The molecule has 1 aromatic heterocycles. The summed E-state index contributed by atoms with van der Waals surface area (Å²) in [6, 6.07) is 1.03. The first-order valence-electron chi connectivity index (χ1n) is 20.8. The third-order valence-electron chi connectivity index (χ3n) is 10.8. The fraction of sp³-hybridized carbons (Fsp3) is 0.674. The van der Waals surface area contributed by atoms with Crippen LogP contribution in [-0.2, 0) is 35.2 Å². The number of carbonyl (C=O) groups excluding carboxylic acids is 6. The van der Waals surface area contributed by atoms with E-state index < -0.39 is 88.4 Å². The smallest absolute Gasteiger partial charge is 0.243 e. The van der Waals surface area contributed by atoms with Crippen LogP contribution < -0.4 is 37.2 Å². The number of benzene rings is 1. The van der Waals surface area contributed by atoms with E-state index in [0.717, 1.165) is 16.5 Å². The number of nitrogens with one attached hydrogen (secondary N) is 8. The van der Waals surface area contributed by atoms with Crippen LogP contribution in [0.25, 0.3) is 10.9 Å². The normalized spacial score (nSPS) is 26.1. The second kappa shape index (κ2) is 21.2. The van der Waals surface area contributed by atoms with Crippen LogP contribution in [0.4, 0.5) is 0 Å². The van der Waals surface area contributed by atoms with E-state index in [4.69, 9.17) is 12.6 Å². The zero-order valence-corrected chi connectivity index (χ0v) is 37.4. The molecule has 2 aromatic rings. The number of aromatic nitrogens is 1. The molecule has 2 heterocycles. The van der Waals surface area contributed by atoms with Gasteiger partial charge < -0.3 is 42.2 Å². The minimum atomic E-state index is -1.16. The highest BCUT2D eigenvalue weighted by atomic mass is 32.1. The standard InChI is InChI=1S/C43H70N8O6S/c1-13-32(58)35-41(56)51-36(43(10,11)12)42(57)47-30(19-26-20-44-28-17-15-14-16-27(26)28)37(52)46-29(18-22(2)3)38(53)49-34(25(8)9)40(55)50-33(24(6)7)39(54)48-31(21-45-35)23(4)5/h14-17,20,22-25,29-36,44-45,58H,13,18-19,21H2,1-12H3,(H,46,52)(H,47,57)(H,48,54)(H,49,53)(H,50,55)(H,51,56)/t29-,30+,31-,32?,33-,34+,35+,36+/m1/s1. The van der Waals surface area contributed by atoms with Crippen LogP contribution in [0.15, 0.2) is 30.5 Å². The van der Waals surface area contributed by atoms with Crippen molar-refractivity contribution in [2.75, 3.05) is 6.54 Å². The monoisotopic (exact) mass is 827 g/mol. The van der Waals surface area contributed by atoms with Crippen molar-refractivity contribution in [2.24, 2.45) is 29.1 Å². The van der Waals surface area contributed by atoms with Crippen LogP contribution in [0.2, 0.25) is 0 Å². The zero-order chi connectivity index (χ0) is 43.6. The van der Waals surface area contributed by atoms with Gasteiger partial charge in [0.2, 0.25) is 35.4 Å². The van der Waals surface area contributed by atoms with Gasteiger partial charge in [0, 0.05) is 41.4 Å². The van der Waals surface area contributed by atoms with Gasteiger partial charge in [-0.2, -0.15) is 12.6 Å². The van der Waals surface area contributed by atoms with Gasteiger partial charge in [-0.15, -0.1) is 0 Å². The topological polar surface area (TPSA) is 202 Å². The van der Waals surface area contributed by atoms with Crippen molar-refractivity contribution >= 4 is 59.0 Å². The number of thiol groups is 1. The van der Waals surface area contributed by atoms with E-state index in [0.29, 0.717) is 6.42 Å². The molecule has 8 N–H and O–H groups in total. The Labute approximate surface area is 350 Å². The number of carbonyl (C=O) groups is 6. The molecule has 324 valence electrons. The maximum Gasteiger partial charge on any atom is 0.243 e. The third kappa shape index (κ3) is 13.2. The first-order valence-corrected chi connectivity index (χ1v) is 21.4. The SMILES string of the molecule is CCC(S)[C@@H]1NC[C@H](C(C)C)NC(=O)[C@@H](C(C)C)NC(=O)[C@H](C(C)C)NC(=O)[C@@H](CC(C)C)NC(=O)[C@H](Cc2c[nH]c3ccccc23)NC(=O)[C@@H](C(C)(C)C)NC1=O. The minimum absolute atomic E-state index is 0.0396. The molecule has 1 aromatic carbocycles. The number of hydrogen-bond acceptors (Lipinski definition) is 8. The Kier molecular flexibility index (Phi) is 17.7. The van der Waals surface area contributed by atoms with Crippen LogP contribution in [0.5, 0.6) is 0 Å². The number of rotatable bonds is 9. The molecule has 6 amide bonds. The number of para-hydroxylation sites is 1. The van der Waals surface area contributed by atoms with E-state index in [-0.39, 0.29) is 43.1 Å². The summed E-state index contributed by atoms with van der Waals surface area (Å²) in [7, 11) is 0. The molecule has 0 radical (unpaired) electrons. The lowest BCUT2D eigenvalue weighted by Gasteiger charge is -2.34. The summed E-state index contributed by atoms with van der Waals surface area (Å²) in [6.45, 7) is 22.5. The first-order chi connectivity index (χ1) is 27.0. The summed E-state index contributed by atoms with van der Waals surface area (Å²) in [6.07, 6.45) is 2.63. The molecule has 0 aliphatic carbocycles. The van der Waals surface area contributed by atoms with Crippen LogP contribution in [-0.4, -0.2) is 94.5 Å². The number of H-pyrrole nitrogens is 1. The van der Waals surface area contributed by atoms with Crippen LogP contribution in [0.1, 0.15) is 101 Å². The molecule has 1 aliphatic heterocycles. The van der Waals surface area contributed by atoms with E-state index >= 15 is 0 Å². The Balaban J connectivity index is 2.18. The summed E-state index contributed by atoms with van der Waals surface area (Å²) in [5, 5.41) is 21.4. The van der Waals surface area contributed by atoms with E-state index in [9.17, 15) is 28.8 Å². The largest absolute Gasteiger partial charge is 0.361 e. The minimum Gasteiger partial charge on any atom is -0.361 e. The van der Waals surface area contributed by atoms with Crippen molar-refractivity contribution in [3.05, 3.63) is 36.0 Å². The van der Waals surface area contributed by atoms with Crippen molar-refractivity contribution < 1.29 is 28.8 Å². The Morgan fingerprint density at radius 3 is 1.74 bits per heavy atom. The molecule has 1 aliphatic rings. The lowest BCUT2D eigenvalue weighted by molar-refractivity contribution is -0.136. The molecule has 8 atom stereocenters. The molecule has 0 spiro atoms. The maximum absolute atomic E-state index is 14.4. The summed E-state index contributed by atoms with van der Waals surface area (Å²) in [5.41, 5.74) is 0.826. The van der Waals surface area contributed by atoms with Gasteiger partial charge in [0.15, 0.2) is 0 Å².